The van der Waals surface area contributed by atoms with E-state index in [1.807, 2.05) is 27.7 Å². The van der Waals surface area contributed by atoms with E-state index in [0.29, 0.717) is 0 Å². The van der Waals surface area contributed by atoms with Crippen LogP contribution in [0.25, 0.3) is 0 Å². The zero-order valence-electron chi connectivity index (χ0n) is 10.9. The van der Waals surface area contributed by atoms with Gasteiger partial charge in [0, 0.05) is 12.6 Å². The van der Waals surface area contributed by atoms with E-state index in [2.05, 4.69) is 5.32 Å². The molecule has 0 rings (SSSR count). The van der Waals surface area contributed by atoms with Crippen molar-refractivity contribution in [3.63, 3.8) is 0 Å². The summed E-state index contributed by atoms with van der Waals surface area (Å²) in [4.78, 5) is 11.4. The smallest absolute Gasteiger partial charge is 0.407 e. The van der Waals surface area contributed by atoms with Crippen LogP contribution in [0.1, 0.15) is 53.4 Å². The number of aliphatic hydroxyl groups excluding tert-OH is 1. The van der Waals surface area contributed by atoms with Crippen LogP contribution < -0.4 is 5.32 Å². The van der Waals surface area contributed by atoms with E-state index in [-0.39, 0.29) is 18.7 Å². The standard InChI is InChI=1S/C12H25NO3/c1-10(8-6-5-7-9-14)13-11(15)16-12(2,3)4/h10,14H,5-9H2,1-4H3,(H,13,15). The Balaban J connectivity index is 3.62. The third-order valence-electron chi connectivity index (χ3n) is 2.06. The van der Waals surface area contributed by atoms with Gasteiger partial charge in [-0.25, -0.2) is 4.79 Å². The monoisotopic (exact) mass is 231 g/mol. The quantitative estimate of drug-likeness (QED) is 0.690. The number of alkyl carbamates (subject to hydrolysis) is 1. The van der Waals surface area contributed by atoms with Gasteiger partial charge in [0.05, 0.1) is 0 Å². The Kier molecular flexibility index (Phi) is 7.13. The van der Waals surface area contributed by atoms with Crippen LogP contribution >= 0.6 is 0 Å². The molecule has 0 radical (unpaired) electrons. The van der Waals surface area contributed by atoms with Gasteiger partial charge >= 0.3 is 6.09 Å². The van der Waals surface area contributed by atoms with Crippen molar-refractivity contribution in [3.05, 3.63) is 0 Å². The second-order valence-electron chi connectivity index (χ2n) is 5.12. The molecule has 0 heterocycles. The first kappa shape index (κ1) is 15.2. The SMILES string of the molecule is CC(CCCCCO)NC(=O)OC(C)(C)C. The summed E-state index contributed by atoms with van der Waals surface area (Å²) >= 11 is 0. The van der Waals surface area contributed by atoms with Crippen LogP contribution in [0.3, 0.4) is 0 Å². The fraction of sp³-hybridized carbons (Fsp3) is 0.917. The number of unbranched alkanes of at least 4 members (excludes halogenated alkanes) is 2. The minimum atomic E-state index is -0.444. The molecule has 2 N–H and O–H groups in total. The summed E-state index contributed by atoms with van der Waals surface area (Å²) in [6.07, 6.45) is 3.40. The Morgan fingerprint density at radius 2 is 1.94 bits per heavy atom. The average Bonchev–Trinajstić information content (AvgIpc) is 2.09. The van der Waals surface area contributed by atoms with Crippen molar-refractivity contribution in [1.82, 2.24) is 5.32 Å². The Morgan fingerprint density at radius 1 is 1.31 bits per heavy atom. The summed E-state index contributed by atoms with van der Waals surface area (Å²) in [5.41, 5.74) is -0.444. The summed E-state index contributed by atoms with van der Waals surface area (Å²) < 4.78 is 5.15. The van der Waals surface area contributed by atoms with Gasteiger partial charge in [-0.3, -0.25) is 0 Å². The molecule has 1 atom stereocenters. The van der Waals surface area contributed by atoms with Gasteiger partial charge in [-0.05, 0) is 40.5 Å². The van der Waals surface area contributed by atoms with Gasteiger partial charge in [0.1, 0.15) is 5.60 Å². The third kappa shape index (κ3) is 9.77. The molecule has 0 bridgehead atoms. The van der Waals surface area contributed by atoms with Gasteiger partial charge in [0.25, 0.3) is 0 Å². The summed E-state index contributed by atoms with van der Waals surface area (Å²) in [6, 6.07) is 0.119. The van der Waals surface area contributed by atoms with Crippen LogP contribution in [0.15, 0.2) is 0 Å². The van der Waals surface area contributed by atoms with Gasteiger partial charge in [0.15, 0.2) is 0 Å². The van der Waals surface area contributed by atoms with E-state index >= 15 is 0 Å². The molecule has 16 heavy (non-hydrogen) atoms. The predicted octanol–water partition coefficient (Wildman–Crippen LogP) is 2.45. The Morgan fingerprint density at radius 3 is 2.44 bits per heavy atom. The largest absolute Gasteiger partial charge is 0.444 e. The predicted molar refractivity (Wildman–Crippen MR) is 64.4 cm³/mol. The minimum absolute atomic E-state index is 0.119. The normalized spacial score (nSPS) is 13.3. The molecule has 0 aromatic rings. The molecule has 0 spiro atoms. The molecule has 96 valence electrons. The molecule has 1 unspecified atom stereocenters. The van der Waals surface area contributed by atoms with Crippen LogP contribution in [0.5, 0.6) is 0 Å². The number of amides is 1. The van der Waals surface area contributed by atoms with E-state index in [1.165, 1.54) is 0 Å². The number of ether oxygens (including phenoxy) is 1. The zero-order chi connectivity index (χ0) is 12.6. The first-order chi connectivity index (χ1) is 7.35. The van der Waals surface area contributed by atoms with Crippen LogP contribution in [-0.4, -0.2) is 29.4 Å². The molecule has 0 aliphatic carbocycles. The van der Waals surface area contributed by atoms with Crippen LogP contribution in [0.4, 0.5) is 4.79 Å². The topological polar surface area (TPSA) is 58.6 Å². The minimum Gasteiger partial charge on any atom is -0.444 e. The van der Waals surface area contributed by atoms with Gasteiger partial charge in [0.2, 0.25) is 0 Å². The number of nitrogens with one attached hydrogen (secondary N) is 1. The van der Waals surface area contributed by atoms with Gasteiger partial charge in [-0.2, -0.15) is 0 Å². The van der Waals surface area contributed by atoms with E-state index in [0.717, 1.165) is 25.7 Å². The van der Waals surface area contributed by atoms with E-state index in [9.17, 15) is 4.79 Å². The molecule has 0 aromatic heterocycles. The van der Waals surface area contributed by atoms with E-state index in [1.54, 1.807) is 0 Å². The van der Waals surface area contributed by atoms with Crippen molar-refractivity contribution in [2.75, 3.05) is 6.61 Å². The molecular formula is C12H25NO3. The van der Waals surface area contributed by atoms with Crippen molar-refractivity contribution >= 4 is 6.09 Å². The van der Waals surface area contributed by atoms with Crippen LogP contribution in [-0.2, 0) is 4.74 Å². The molecule has 0 saturated carbocycles. The number of hydrogen-bond acceptors (Lipinski definition) is 3. The Hall–Kier alpha value is -0.770. The molecule has 0 aromatic carbocycles. The van der Waals surface area contributed by atoms with Crippen molar-refractivity contribution in [3.8, 4) is 0 Å². The summed E-state index contributed by atoms with van der Waals surface area (Å²) in [5.74, 6) is 0. The Bertz CT molecular complexity index is 199. The van der Waals surface area contributed by atoms with Crippen LogP contribution in [0.2, 0.25) is 0 Å². The lowest BCUT2D eigenvalue weighted by Crippen LogP contribution is -2.37. The van der Waals surface area contributed by atoms with Gasteiger partial charge < -0.3 is 15.2 Å². The Labute approximate surface area is 98.4 Å². The zero-order valence-corrected chi connectivity index (χ0v) is 10.9. The molecule has 0 aliphatic heterocycles. The first-order valence-corrected chi connectivity index (χ1v) is 5.95. The van der Waals surface area contributed by atoms with E-state index < -0.39 is 5.60 Å². The fourth-order valence-electron chi connectivity index (χ4n) is 1.32. The number of hydrogen-bond donors (Lipinski definition) is 2. The maximum atomic E-state index is 11.4. The highest BCUT2D eigenvalue weighted by molar-refractivity contribution is 5.67. The molecule has 0 fully saturated rings. The van der Waals surface area contributed by atoms with Gasteiger partial charge in [-0.1, -0.05) is 12.8 Å². The number of rotatable bonds is 6. The van der Waals surface area contributed by atoms with Crippen molar-refractivity contribution in [1.29, 1.82) is 0 Å². The van der Waals surface area contributed by atoms with Crippen molar-refractivity contribution in [2.45, 2.75) is 65.0 Å². The summed E-state index contributed by atoms with van der Waals surface area (Å²) in [7, 11) is 0. The third-order valence-corrected chi connectivity index (χ3v) is 2.06. The second kappa shape index (κ2) is 7.49. The van der Waals surface area contributed by atoms with Gasteiger partial charge in [-0.15, -0.1) is 0 Å². The lowest BCUT2D eigenvalue weighted by Gasteiger charge is -2.21. The number of aliphatic hydroxyl groups is 1. The van der Waals surface area contributed by atoms with Crippen molar-refractivity contribution < 1.29 is 14.6 Å². The molecule has 0 aliphatic rings. The molecule has 4 nitrogen and oxygen atoms in total. The molecule has 1 amide bonds. The second-order valence-corrected chi connectivity index (χ2v) is 5.12. The number of carbonyl (C=O) groups excluding carboxylic acids is 1. The molecule has 4 heteroatoms. The lowest BCUT2D eigenvalue weighted by atomic mass is 10.1. The average molecular weight is 231 g/mol. The summed E-state index contributed by atoms with van der Waals surface area (Å²) in [5, 5.41) is 11.4. The fourth-order valence-corrected chi connectivity index (χ4v) is 1.32. The molecular weight excluding hydrogens is 206 g/mol. The highest BCUT2D eigenvalue weighted by Crippen LogP contribution is 2.08. The molecule has 0 saturated heterocycles. The maximum absolute atomic E-state index is 11.4. The lowest BCUT2D eigenvalue weighted by molar-refractivity contribution is 0.0505. The van der Waals surface area contributed by atoms with Crippen molar-refractivity contribution in [2.24, 2.45) is 0 Å². The first-order valence-electron chi connectivity index (χ1n) is 5.95. The highest BCUT2D eigenvalue weighted by atomic mass is 16.6. The highest BCUT2D eigenvalue weighted by Gasteiger charge is 2.17. The van der Waals surface area contributed by atoms with Crippen LogP contribution in [0, 0.1) is 0 Å². The number of carbonyl (C=O) groups is 1. The summed E-state index contributed by atoms with van der Waals surface area (Å²) in [6.45, 7) is 7.74. The maximum Gasteiger partial charge on any atom is 0.407 e. The van der Waals surface area contributed by atoms with E-state index in [4.69, 9.17) is 9.84 Å².